The summed E-state index contributed by atoms with van der Waals surface area (Å²) in [5.74, 6) is -3.21. The van der Waals surface area contributed by atoms with Crippen molar-refractivity contribution in [2.75, 3.05) is 0 Å². The lowest BCUT2D eigenvalue weighted by molar-refractivity contribution is -0.146. The van der Waals surface area contributed by atoms with Crippen LogP contribution in [0.2, 0.25) is 0 Å². The molecule has 0 radical (unpaired) electrons. The molecule has 2 heterocycles. The van der Waals surface area contributed by atoms with Crippen LogP contribution >= 0.6 is 0 Å². The average Bonchev–Trinajstić information content (AvgIpc) is 3.02. The lowest BCUT2D eigenvalue weighted by Gasteiger charge is -2.08. The number of halogens is 2. The summed E-state index contributed by atoms with van der Waals surface area (Å²) >= 11 is 0. The van der Waals surface area contributed by atoms with E-state index in [1.54, 1.807) is 0 Å². The predicted octanol–water partition coefficient (Wildman–Crippen LogP) is 2.45. The lowest BCUT2D eigenvalue weighted by Crippen LogP contribution is -2.19. The third kappa shape index (κ3) is 3.43. The third-order valence-corrected chi connectivity index (χ3v) is 3.20. The molecule has 1 amide bonds. The van der Waals surface area contributed by atoms with Crippen LogP contribution in [0.15, 0.2) is 45.9 Å². The molecule has 1 unspecified atom stereocenters. The fourth-order valence-corrected chi connectivity index (χ4v) is 2.01. The molecule has 1 aliphatic rings. The molecule has 0 spiro atoms. The second-order valence-corrected chi connectivity index (χ2v) is 4.92. The van der Waals surface area contributed by atoms with Gasteiger partial charge in [-0.3, -0.25) is 9.59 Å². The minimum absolute atomic E-state index is 0.0438. The maximum atomic E-state index is 13.7. The number of carbonyl (C=O) groups excluding carboxylic acids is 2. The maximum Gasteiger partial charge on any atom is 0.318 e. The summed E-state index contributed by atoms with van der Waals surface area (Å²) in [5.41, 5.74) is 0.303. The number of hydrogen-bond donors (Lipinski definition) is 0. The number of rotatable bonds is 4. The largest absolute Gasteiger partial charge is 0.458 e. The Morgan fingerprint density at radius 1 is 1.29 bits per heavy atom. The molecule has 2 aromatic rings. The van der Waals surface area contributed by atoms with E-state index < -0.39 is 29.4 Å². The van der Waals surface area contributed by atoms with Gasteiger partial charge in [0.2, 0.25) is 0 Å². The number of aliphatic imine (C=N–C) groups is 1. The second kappa shape index (κ2) is 6.53. The number of amides is 1. The fourth-order valence-electron chi connectivity index (χ4n) is 2.01. The first kappa shape index (κ1) is 15.7. The van der Waals surface area contributed by atoms with Crippen molar-refractivity contribution in [3.63, 3.8) is 0 Å². The SMILES string of the molecule is O=C1C=CC(C(=O)OCc2cc(-c3ccc(F)cc3F)on2)C=N1. The predicted molar refractivity (Wildman–Crippen MR) is 77.8 cm³/mol. The van der Waals surface area contributed by atoms with Gasteiger partial charge in [-0.05, 0) is 12.1 Å². The number of carbonyl (C=O) groups is 2. The van der Waals surface area contributed by atoms with Gasteiger partial charge < -0.3 is 9.26 Å². The monoisotopic (exact) mass is 332 g/mol. The highest BCUT2D eigenvalue weighted by atomic mass is 19.1. The fraction of sp³-hybridized carbons (Fsp3) is 0.125. The first-order chi connectivity index (χ1) is 11.5. The molecule has 0 N–H and O–H groups in total. The minimum atomic E-state index is -0.789. The van der Waals surface area contributed by atoms with Gasteiger partial charge in [0.15, 0.2) is 5.76 Å². The van der Waals surface area contributed by atoms with Gasteiger partial charge in [-0.2, -0.15) is 0 Å². The third-order valence-electron chi connectivity index (χ3n) is 3.20. The summed E-state index contributed by atoms with van der Waals surface area (Å²) in [6.07, 6.45) is 3.74. The zero-order chi connectivity index (χ0) is 17.1. The van der Waals surface area contributed by atoms with Gasteiger partial charge in [-0.15, -0.1) is 0 Å². The van der Waals surface area contributed by atoms with Crippen LogP contribution in [0.5, 0.6) is 0 Å². The van der Waals surface area contributed by atoms with E-state index in [0.29, 0.717) is 0 Å². The van der Waals surface area contributed by atoms with E-state index in [1.165, 1.54) is 30.5 Å². The highest BCUT2D eigenvalue weighted by Gasteiger charge is 2.19. The number of aromatic nitrogens is 1. The summed E-state index contributed by atoms with van der Waals surface area (Å²) in [5, 5.41) is 3.67. The number of esters is 1. The van der Waals surface area contributed by atoms with Crippen LogP contribution in [0.3, 0.4) is 0 Å². The van der Waals surface area contributed by atoms with Gasteiger partial charge in [0, 0.05) is 24.4 Å². The maximum absolute atomic E-state index is 13.7. The van der Waals surface area contributed by atoms with Gasteiger partial charge in [0.25, 0.3) is 5.91 Å². The molecule has 1 aliphatic heterocycles. The summed E-state index contributed by atoms with van der Waals surface area (Å²) < 4.78 is 36.6. The molecular formula is C16H10F2N2O4. The molecule has 0 fully saturated rings. The van der Waals surface area contributed by atoms with Crippen molar-refractivity contribution >= 4 is 18.1 Å². The van der Waals surface area contributed by atoms with Crippen molar-refractivity contribution in [3.8, 4) is 11.3 Å². The molecule has 0 saturated carbocycles. The summed E-state index contributed by atoms with van der Waals surface area (Å²) in [6, 6.07) is 4.43. The van der Waals surface area contributed by atoms with Crippen molar-refractivity contribution in [2.24, 2.45) is 10.9 Å². The van der Waals surface area contributed by atoms with E-state index in [9.17, 15) is 18.4 Å². The van der Waals surface area contributed by atoms with Crippen molar-refractivity contribution in [3.05, 3.63) is 53.7 Å². The topological polar surface area (TPSA) is 81.8 Å². The van der Waals surface area contributed by atoms with Gasteiger partial charge in [0.1, 0.15) is 29.9 Å². The van der Waals surface area contributed by atoms with Gasteiger partial charge in [0.05, 0.1) is 5.56 Å². The van der Waals surface area contributed by atoms with E-state index in [2.05, 4.69) is 10.1 Å². The van der Waals surface area contributed by atoms with Crippen LogP contribution < -0.4 is 0 Å². The van der Waals surface area contributed by atoms with Crippen molar-refractivity contribution < 1.29 is 27.6 Å². The number of hydrogen-bond acceptors (Lipinski definition) is 5. The van der Waals surface area contributed by atoms with Crippen molar-refractivity contribution in [2.45, 2.75) is 6.61 Å². The quantitative estimate of drug-likeness (QED) is 0.803. The van der Waals surface area contributed by atoms with Crippen LogP contribution in [0.4, 0.5) is 8.78 Å². The Morgan fingerprint density at radius 3 is 2.83 bits per heavy atom. The Balaban J connectivity index is 1.64. The Labute approximate surface area is 134 Å². The number of nitrogens with zero attached hydrogens (tertiary/aromatic N) is 2. The standard InChI is InChI=1S/C16H10F2N2O4/c17-10-2-3-12(13(18)5-10)14-6-11(20-24-14)8-23-16(22)9-1-4-15(21)19-7-9/h1-7,9H,8H2. The molecule has 24 heavy (non-hydrogen) atoms. The molecular weight excluding hydrogens is 322 g/mol. The van der Waals surface area contributed by atoms with Crippen LogP contribution in [0.25, 0.3) is 11.3 Å². The molecule has 6 nitrogen and oxygen atoms in total. The zero-order valence-corrected chi connectivity index (χ0v) is 12.1. The van der Waals surface area contributed by atoms with E-state index in [1.807, 2.05) is 0 Å². The first-order valence-corrected chi connectivity index (χ1v) is 6.87. The molecule has 8 heteroatoms. The van der Waals surface area contributed by atoms with Gasteiger partial charge >= 0.3 is 5.97 Å². The number of dihydropyridines is 1. The molecule has 1 aromatic carbocycles. The molecule has 1 aromatic heterocycles. The van der Waals surface area contributed by atoms with E-state index >= 15 is 0 Å². The zero-order valence-electron chi connectivity index (χ0n) is 12.1. The van der Waals surface area contributed by atoms with E-state index in [0.717, 1.165) is 12.1 Å². The Morgan fingerprint density at radius 2 is 2.12 bits per heavy atom. The highest BCUT2D eigenvalue weighted by molar-refractivity contribution is 6.03. The Bertz CT molecular complexity index is 842. The molecule has 122 valence electrons. The minimum Gasteiger partial charge on any atom is -0.458 e. The Kier molecular flexibility index (Phi) is 4.28. The summed E-state index contributed by atoms with van der Waals surface area (Å²) in [7, 11) is 0. The molecule has 1 atom stereocenters. The van der Waals surface area contributed by atoms with Crippen molar-refractivity contribution in [1.29, 1.82) is 0 Å². The molecule has 0 bridgehead atoms. The molecule has 0 saturated heterocycles. The Hall–Kier alpha value is -3.16. The highest BCUT2D eigenvalue weighted by Crippen LogP contribution is 2.24. The first-order valence-electron chi connectivity index (χ1n) is 6.87. The van der Waals surface area contributed by atoms with Crippen LogP contribution in [-0.2, 0) is 20.9 Å². The number of ether oxygens (including phenoxy) is 1. The smallest absolute Gasteiger partial charge is 0.318 e. The number of benzene rings is 1. The van der Waals surface area contributed by atoms with E-state index in [-0.39, 0.29) is 23.6 Å². The summed E-state index contributed by atoms with van der Waals surface area (Å²) in [4.78, 5) is 26.2. The van der Waals surface area contributed by atoms with Crippen molar-refractivity contribution in [1.82, 2.24) is 5.16 Å². The lowest BCUT2D eigenvalue weighted by atomic mass is 10.1. The van der Waals surface area contributed by atoms with E-state index in [4.69, 9.17) is 9.26 Å². The summed E-state index contributed by atoms with van der Waals surface area (Å²) in [6.45, 7) is -0.197. The normalized spacial score (nSPS) is 16.4. The van der Waals surface area contributed by atoms with Crippen LogP contribution in [0.1, 0.15) is 5.69 Å². The molecule has 0 aliphatic carbocycles. The van der Waals surface area contributed by atoms with Crippen LogP contribution in [0, 0.1) is 17.6 Å². The van der Waals surface area contributed by atoms with Gasteiger partial charge in [-0.1, -0.05) is 11.2 Å². The van der Waals surface area contributed by atoms with Gasteiger partial charge in [-0.25, -0.2) is 13.8 Å². The molecule has 3 rings (SSSR count). The second-order valence-electron chi connectivity index (χ2n) is 4.92. The average molecular weight is 332 g/mol. The van der Waals surface area contributed by atoms with Crippen LogP contribution in [-0.4, -0.2) is 23.2 Å².